The molecule has 0 amide bonds. The van der Waals surface area contributed by atoms with Crippen molar-refractivity contribution in [2.24, 2.45) is 0 Å². The molecule has 0 saturated heterocycles. The molecule has 0 aliphatic rings. The van der Waals surface area contributed by atoms with Gasteiger partial charge in [-0.15, -0.1) is 22.7 Å². The molecule has 0 aliphatic carbocycles. The number of aryl methyl sites for hydroxylation is 2. The molecule has 4 rings (SSSR count). The lowest BCUT2D eigenvalue weighted by Crippen LogP contribution is -2.03. The van der Waals surface area contributed by atoms with Gasteiger partial charge in [-0.1, -0.05) is 129 Å². The molecule has 4 nitrogen and oxygen atoms in total. The Hall–Kier alpha value is -2.70. The van der Waals surface area contributed by atoms with Gasteiger partial charge in [-0.05, 0) is 71.8 Å². The number of hydrogen-bond donors (Lipinski definition) is 4. The van der Waals surface area contributed by atoms with Crippen LogP contribution >= 0.6 is 22.7 Å². The van der Waals surface area contributed by atoms with Gasteiger partial charge in [-0.2, -0.15) is 0 Å². The normalized spacial score (nSPS) is 11.6. The highest BCUT2D eigenvalue weighted by Gasteiger charge is 2.18. The van der Waals surface area contributed by atoms with Crippen LogP contribution in [-0.2, 0) is 12.8 Å². The Morgan fingerprint density at radius 2 is 0.708 bits per heavy atom. The molecule has 0 fully saturated rings. The summed E-state index contributed by atoms with van der Waals surface area (Å²) in [6.45, 7) is 4.56. The van der Waals surface area contributed by atoms with Gasteiger partial charge < -0.3 is 22.9 Å². The second-order valence-corrected chi connectivity index (χ2v) is 15.9. The first-order chi connectivity index (χ1) is 23.4. The predicted octanol–water partition coefficient (Wildman–Crippen LogP) is 13.6. The van der Waals surface area contributed by atoms with Gasteiger partial charge in [0, 0.05) is 31.7 Å². The Bertz CT molecular complexity index is 1400. The van der Waals surface area contributed by atoms with Gasteiger partial charge in [0.1, 0.15) is 0 Å². The topological polar surface area (TPSA) is 104 Å². The fourth-order valence-corrected chi connectivity index (χ4v) is 8.92. The Balaban J connectivity index is 1.32. The van der Waals surface area contributed by atoms with Gasteiger partial charge in [-0.25, -0.2) is 0 Å². The summed E-state index contributed by atoms with van der Waals surface area (Å²) in [5, 5.41) is 6.30. The number of fused-ring (bicyclic) bond motifs is 1. The maximum absolute atomic E-state index is 6.74. The molecule has 48 heavy (non-hydrogen) atoms. The molecule has 2 heterocycles. The molecule has 264 valence electrons. The van der Waals surface area contributed by atoms with E-state index < -0.39 is 0 Å². The Morgan fingerprint density at radius 3 is 1.04 bits per heavy atom. The monoisotopic (exact) mass is 688 g/mol. The van der Waals surface area contributed by atoms with Crippen LogP contribution in [0.25, 0.3) is 31.7 Å². The highest BCUT2D eigenvalue weighted by molar-refractivity contribution is 7.14. The maximum Gasteiger partial charge on any atom is 0.0642 e. The smallest absolute Gasteiger partial charge is 0.0642 e. The van der Waals surface area contributed by atoms with E-state index >= 15 is 0 Å². The average Bonchev–Trinajstić information content (AvgIpc) is 3.76. The summed E-state index contributed by atoms with van der Waals surface area (Å²) in [7, 11) is 0. The average molecular weight is 689 g/mol. The van der Waals surface area contributed by atoms with E-state index in [2.05, 4.69) is 48.9 Å². The number of hydrogen-bond acceptors (Lipinski definition) is 6. The quantitative estimate of drug-likeness (QED) is 0.0434. The fourth-order valence-electron chi connectivity index (χ4n) is 6.96. The molecular weight excluding hydrogens is 625 g/mol. The second-order valence-electron chi connectivity index (χ2n) is 14.1. The fraction of sp³-hybridized carbons (Fsp3) is 0.571. The van der Waals surface area contributed by atoms with E-state index in [-0.39, 0.29) is 0 Å². The number of thiophene rings is 2. The lowest BCUT2D eigenvalue weighted by molar-refractivity contribution is 0.556. The summed E-state index contributed by atoms with van der Waals surface area (Å²) in [4.78, 5) is 2.28. The van der Waals surface area contributed by atoms with Gasteiger partial charge >= 0.3 is 0 Å². The van der Waals surface area contributed by atoms with Crippen molar-refractivity contribution in [2.75, 3.05) is 22.9 Å². The van der Waals surface area contributed by atoms with Crippen LogP contribution in [0.3, 0.4) is 0 Å². The summed E-state index contributed by atoms with van der Waals surface area (Å²) < 4.78 is 0. The minimum Gasteiger partial charge on any atom is -0.397 e. The number of rotatable bonds is 24. The van der Waals surface area contributed by atoms with Crippen molar-refractivity contribution < 1.29 is 0 Å². The zero-order chi connectivity index (χ0) is 34.1. The molecule has 0 aliphatic heterocycles. The number of nitrogens with two attached hydrogens (primary N) is 4. The predicted molar refractivity (Wildman–Crippen MR) is 219 cm³/mol. The SMILES string of the molecule is CCCCCCCCCCCCc1csc(-c2cc3c(N)c(N)c(-c4cc(CCCCCCCCCCCC)cs4)cc3c(N)c2N)c1. The van der Waals surface area contributed by atoms with Gasteiger partial charge in [0.05, 0.1) is 22.7 Å². The third kappa shape index (κ3) is 11.2. The van der Waals surface area contributed by atoms with Crippen LogP contribution in [0.1, 0.15) is 153 Å². The number of unbranched alkanes of at least 4 members (excludes halogenated alkanes) is 18. The van der Waals surface area contributed by atoms with Crippen molar-refractivity contribution in [3.05, 3.63) is 46.2 Å². The molecular formula is C42H64N4S2. The van der Waals surface area contributed by atoms with Gasteiger partial charge in [0.15, 0.2) is 0 Å². The number of nitrogen functional groups attached to an aromatic ring is 4. The van der Waals surface area contributed by atoms with Crippen LogP contribution in [0, 0.1) is 0 Å². The van der Waals surface area contributed by atoms with Crippen LogP contribution in [0.2, 0.25) is 0 Å². The largest absolute Gasteiger partial charge is 0.397 e. The Labute approximate surface area is 300 Å². The van der Waals surface area contributed by atoms with E-state index in [1.54, 1.807) is 22.7 Å². The second kappa shape index (κ2) is 20.7. The lowest BCUT2D eigenvalue weighted by atomic mass is 9.96. The first-order valence-corrected chi connectivity index (χ1v) is 21.1. The van der Waals surface area contributed by atoms with E-state index in [1.165, 1.54) is 140 Å². The van der Waals surface area contributed by atoms with Crippen molar-refractivity contribution in [1.82, 2.24) is 0 Å². The van der Waals surface area contributed by atoms with Gasteiger partial charge in [0.2, 0.25) is 0 Å². The summed E-state index contributed by atoms with van der Waals surface area (Å²) in [5.74, 6) is 0. The standard InChI is InChI=1S/C42H64N4S2/c1-3-5-7-9-11-13-15-17-19-21-23-31-25-37(47-29-31)35-27-33-34(39(43)41(35)45)28-36(42(46)40(33)44)38-26-32(30-48-38)24-22-20-18-16-14-12-10-8-6-4-2/h25-30H,3-24,43-46H2,1-2H3. The van der Waals surface area contributed by atoms with Crippen molar-refractivity contribution in [3.8, 4) is 20.9 Å². The molecule has 0 saturated carbocycles. The molecule has 0 atom stereocenters. The lowest BCUT2D eigenvalue weighted by Gasteiger charge is -2.16. The molecule has 8 N–H and O–H groups in total. The van der Waals surface area contributed by atoms with Crippen molar-refractivity contribution in [2.45, 2.75) is 155 Å². The number of benzene rings is 2. The van der Waals surface area contributed by atoms with Crippen LogP contribution in [0.5, 0.6) is 0 Å². The van der Waals surface area contributed by atoms with Crippen molar-refractivity contribution in [1.29, 1.82) is 0 Å². The van der Waals surface area contributed by atoms with Crippen LogP contribution < -0.4 is 22.9 Å². The summed E-state index contributed by atoms with van der Waals surface area (Å²) in [6, 6.07) is 8.76. The first-order valence-electron chi connectivity index (χ1n) is 19.3. The minimum atomic E-state index is 0.585. The molecule has 0 bridgehead atoms. The maximum atomic E-state index is 6.74. The highest BCUT2D eigenvalue weighted by atomic mass is 32.1. The van der Waals surface area contributed by atoms with Crippen LogP contribution in [0.4, 0.5) is 22.7 Å². The van der Waals surface area contributed by atoms with Gasteiger partial charge in [0.25, 0.3) is 0 Å². The zero-order valence-electron chi connectivity index (χ0n) is 30.1. The number of anilines is 4. The van der Waals surface area contributed by atoms with E-state index in [0.29, 0.717) is 22.7 Å². The molecule has 0 spiro atoms. The van der Waals surface area contributed by atoms with Crippen molar-refractivity contribution in [3.63, 3.8) is 0 Å². The third-order valence-electron chi connectivity index (χ3n) is 10.1. The summed E-state index contributed by atoms with van der Waals surface area (Å²) in [5.41, 5.74) is 34.0. The Kier molecular flexibility index (Phi) is 16.5. The minimum absolute atomic E-state index is 0.585. The molecule has 0 radical (unpaired) electrons. The zero-order valence-corrected chi connectivity index (χ0v) is 31.8. The first kappa shape index (κ1) is 38.1. The molecule has 4 aromatic rings. The molecule has 6 heteroatoms. The van der Waals surface area contributed by atoms with E-state index in [0.717, 1.165) is 44.5 Å². The Morgan fingerprint density at radius 1 is 0.396 bits per heavy atom. The molecule has 2 aromatic heterocycles. The van der Waals surface area contributed by atoms with E-state index in [4.69, 9.17) is 22.9 Å². The third-order valence-corrected chi connectivity index (χ3v) is 12.1. The van der Waals surface area contributed by atoms with Gasteiger partial charge in [-0.3, -0.25) is 0 Å². The van der Waals surface area contributed by atoms with E-state index in [1.807, 2.05) is 0 Å². The van der Waals surface area contributed by atoms with Crippen LogP contribution in [0.15, 0.2) is 35.0 Å². The molecule has 2 aromatic carbocycles. The van der Waals surface area contributed by atoms with E-state index in [9.17, 15) is 0 Å². The summed E-state index contributed by atoms with van der Waals surface area (Å²) >= 11 is 3.47. The summed E-state index contributed by atoms with van der Waals surface area (Å²) in [6.07, 6.45) is 29.3. The van der Waals surface area contributed by atoms with Crippen LogP contribution in [-0.4, -0.2) is 0 Å². The molecule has 0 unspecified atom stereocenters. The highest BCUT2D eigenvalue weighted by Crippen LogP contribution is 2.46. The van der Waals surface area contributed by atoms with Crippen molar-refractivity contribution >= 4 is 56.2 Å².